The summed E-state index contributed by atoms with van der Waals surface area (Å²) in [6, 6.07) is 0. The smallest absolute Gasteiger partial charge is 0.273 e. The number of amides is 2. The van der Waals surface area contributed by atoms with Crippen molar-refractivity contribution in [3.05, 3.63) is 65.6 Å². The number of hydrogen-bond donors (Lipinski definition) is 0. The Bertz CT molecular complexity index is 1210. The average molecular weight is 473 g/mol. The lowest BCUT2D eigenvalue weighted by Gasteiger charge is -2.30. The van der Waals surface area contributed by atoms with Gasteiger partial charge in [-0.3, -0.25) is 9.59 Å². The molecule has 0 saturated carbocycles. The van der Waals surface area contributed by atoms with Crippen LogP contribution >= 0.6 is 0 Å². The number of fused-ring (bicyclic) bond motifs is 1. The van der Waals surface area contributed by atoms with Gasteiger partial charge in [0.25, 0.3) is 11.8 Å². The molecule has 2 atom stereocenters. The summed E-state index contributed by atoms with van der Waals surface area (Å²) < 4.78 is 0. The molecule has 10 heteroatoms. The molecule has 3 aliphatic heterocycles. The Labute approximate surface area is 204 Å². The fourth-order valence-electron chi connectivity index (χ4n) is 4.75. The third kappa shape index (κ3) is 4.16. The standard InChI is InChI=1S/C25H28N8O2/c1-30(2)24(34)19-14-28-20(15-27-19)32-9-11-33(12-10-32)25(35)21-18-13-26-16-29-23(18)31(3)22(21)17-7-5-4-6-8-17/h4-5,7,9,11,13-16,18,23H,6,8,10,12H2,1-3H3. The van der Waals surface area contributed by atoms with E-state index in [4.69, 9.17) is 0 Å². The zero-order valence-corrected chi connectivity index (χ0v) is 20.1. The molecule has 0 N–H and O–H groups in total. The SMILES string of the molecule is CN(C)C(=O)c1cnc(N2C=CN(C(=O)C3=C(C4=CC=CCC4)N(C)C4N=CN=CC34)CC2)cn1. The van der Waals surface area contributed by atoms with Crippen LogP contribution in [0.15, 0.2) is 69.8 Å². The van der Waals surface area contributed by atoms with Gasteiger partial charge in [-0.2, -0.15) is 0 Å². The van der Waals surface area contributed by atoms with Crippen molar-refractivity contribution in [1.29, 1.82) is 0 Å². The fraction of sp³-hybridized carbons (Fsp3) is 0.360. The van der Waals surface area contributed by atoms with E-state index in [0.29, 0.717) is 24.6 Å². The molecule has 0 radical (unpaired) electrons. The summed E-state index contributed by atoms with van der Waals surface area (Å²) >= 11 is 0. The molecule has 35 heavy (non-hydrogen) atoms. The highest BCUT2D eigenvalue weighted by molar-refractivity contribution is 6.02. The van der Waals surface area contributed by atoms with E-state index in [0.717, 1.165) is 29.7 Å². The van der Waals surface area contributed by atoms with E-state index in [9.17, 15) is 9.59 Å². The summed E-state index contributed by atoms with van der Waals surface area (Å²) in [5, 5.41) is 0. The first kappa shape index (κ1) is 22.7. The number of aromatic nitrogens is 2. The van der Waals surface area contributed by atoms with Crippen molar-refractivity contribution in [2.45, 2.75) is 19.0 Å². The normalized spacial score (nSPS) is 23.1. The number of rotatable bonds is 4. The number of carbonyl (C=O) groups excluding carboxylic acids is 2. The highest BCUT2D eigenvalue weighted by Gasteiger charge is 2.44. The van der Waals surface area contributed by atoms with Crippen molar-refractivity contribution < 1.29 is 9.59 Å². The second-order valence-corrected chi connectivity index (χ2v) is 8.98. The van der Waals surface area contributed by atoms with Gasteiger partial charge in [0.1, 0.15) is 18.2 Å². The predicted molar refractivity (Wildman–Crippen MR) is 134 cm³/mol. The second kappa shape index (κ2) is 9.28. The van der Waals surface area contributed by atoms with Gasteiger partial charge < -0.3 is 19.6 Å². The van der Waals surface area contributed by atoms with Gasteiger partial charge in [-0.25, -0.2) is 20.0 Å². The molecule has 10 nitrogen and oxygen atoms in total. The molecule has 4 heterocycles. The molecule has 0 bridgehead atoms. The van der Waals surface area contributed by atoms with Crippen molar-refractivity contribution in [2.75, 3.05) is 39.1 Å². The van der Waals surface area contributed by atoms with Crippen molar-refractivity contribution in [3.63, 3.8) is 0 Å². The van der Waals surface area contributed by atoms with Gasteiger partial charge in [-0.05, 0) is 18.4 Å². The maximum atomic E-state index is 13.8. The Morgan fingerprint density at radius 3 is 2.63 bits per heavy atom. The van der Waals surface area contributed by atoms with Crippen LogP contribution < -0.4 is 4.90 Å². The molecular formula is C25H28N8O2. The van der Waals surface area contributed by atoms with Crippen molar-refractivity contribution in [2.24, 2.45) is 15.9 Å². The summed E-state index contributed by atoms with van der Waals surface area (Å²) in [5.41, 5.74) is 3.15. The Kier molecular flexibility index (Phi) is 6.02. The van der Waals surface area contributed by atoms with Crippen molar-refractivity contribution in [1.82, 2.24) is 24.7 Å². The largest absolute Gasteiger partial charge is 0.351 e. The van der Waals surface area contributed by atoms with Crippen LogP contribution in [0.25, 0.3) is 0 Å². The first-order valence-electron chi connectivity index (χ1n) is 11.6. The van der Waals surface area contributed by atoms with Gasteiger partial charge in [0.05, 0.1) is 29.6 Å². The van der Waals surface area contributed by atoms with Gasteiger partial charge >= 0.3 is 0 Å². The molecule has 1 aromatic heterocycles. The Balaban J connectivity index is 1.38. The first-order valence-corrected chi connectivity index (χ1v) is 11.6. The Morgan fingerprint density at radius 2 is 1.97 bits per heavy atom. The van der Waals surface area contributed by atoms with Crippen LogP contribution in [0.5, 0.6) is 0 Å². The number of hydrogen-bond acceptors (Lipinski definition) is 8. The molecule has 2 unspecified atom stereocenters. The minimum absolute atomic E-state index is 0.0349. The summed E-state index contributed by atoms with van der Waals surface area (Å²) in [4.78, 5) is 50.5. The summed E-state index contributed by atoms with van der Waals surface area (Å²) in [6.45, 7) is 1.05. The summed E-state index contributed by atoms with van der Waals surface area (Å²) in [6.07, 6.45) is 18.0. The third-order valence-electron chi connectivity index (χ3n) is 6.57. The lowest BCUT2D eigenvalue weighted by molar-refractivity contribution is -0.125. The van der Waals surface area contributed by atoms with Gasteiger partial charge in [0, 0.05) is 52.8 Å². The van der Waals surface area contributed by atoms with Gasteiger partial charge in [0.15, 0.2) is 5.82 Å². The van der Waals surface area contributed by atoms with Crippen LogP contribution in [0.2, 0.25) is 0 Å². The summed E-state index contributed by atoms with van der Waals surface area (Å²) in [7, 11) is 5.35. The molecule has 1 aliphatic carbocycles. The second-order valence-electron chi connectivity index (χ2n) is 8.98. The van der Waals surface area contributed by atoms with E-state index >= 15 is 0 Å². The van der Waals surface area contributed by atoms with Crippen LogP contribution in [0.3, 0.4) is 0 Å². The number of carbonyl (C=O) groups is 2. The maximum Gasteiger partial charge on any atom is 0.273 e. The van der Waals surface area contributed by atoms with Crippen LogP contribution in [0, 0.1) is 5.92 Å². The minimum Gasteiger partial charge on any atom is -0.351 e. The number of allylic oxidation sites excluding steroid dienone is 4. The fourth-order valence-corrected chi connectivity index (χ4v) is 4.75. The minimum atomic E-state index is -0.196. The van der Waals surface area contributed by atoms with E-state index in [1.165, 1.54) is 11.1 Å². The molecule has 0 spiro atoms. The third-order valence-corrected chi connectivity index (χ3v) is 6.57. The zero-order valence-electron chi connectivity index (χ0n) is 20.1. The van der Waals surface area contributed by atoms with Crippen LogP contribution in [-0.2, 0) is 4.79 Å². The number of nitrogens with zero attached hydrogens (tertiary/aromatic N) is 8. The van der Waals surface area contributed by atoms with Crippen LogP contribution in [-0.4, -0.2) is 89.4 Å². The molecule has 4 aliphatic rings. The van der Waals surface area contributed by atoms with Crippen LogP contribution in [0.4, 0.5) is 5.82 Å². The van der Waals surface area contributed by atoms with Gasteiger partial charge in [-0.1, -0.05) is 18.2 Å². The quantitative estimate of drug-likeness (QED) is 0.663. The number of likely N-dealkylation sites (N-methyl/N-ethyl adjacent to an activating group) is 1. The zero-order chi connectivity index (χ0) is 24.5. The molecule has 1 aromatic rings. The van der Waals surface area contributed by atoms with E-state index < -0.39 is 0 Å². The lowest BCUT2D eigenvalue weighted by Crippen LogP contribution is -2.40. The van der Waals surface area contributed by atoms with Crippen molar-refractivity contribution in [3.8, 4) is 0 Å². The van der Waals surface area contributed by atoms with Gasteiger partial charge in [0.2, 0.25) is 0 Å². The summed E-state index contributed by atoms with van der Waals surface area (Å²) in [5.74, 6) is 0.209. The molecule has 0 saturated heterocycles. The Morgan fingerprint density at radius 1 is 1.11 bits per heavy atom. The topological polar surface area (TPSA) is 97.6 Å². The number of anilines is 1. The van der Waals surface area contributed by atoms with E-state index in [2.05, 4.69) is 43.1 Å². The van der Waals surface area contributed by atoms with E-state index in [1.807, 2.05) is 24.4 Å². The van der Waals surface area contributed by atoms with Crippen molar-refractivity contribution >= 4 is 30.2 Å². The first-order chi connectivity index (χ1) is 17.0. The maximum absolute atomic E-state index is 13.8. The molecule has 5 rings (SSSR count). The molecule has 0 aromatic carbocycles. The molecule has 180 valence electrons. The predicted octanol–water partition coefficient (Wildman–Crippen LogP) is 1.83. The average Bonchev–Trinajstić information content (AvgIpc) is 3.21. The van der Waals surface area contributed by atoms with Crippen LogP contribution in [0.1, 0.15) is 23.3 Å². The Hall–Kier alpha value is -4.08. The van der Waals surface area contributed by atoms with E-state index in [-0.39, 0.29) is 23.9 Å². The molecule has 2 amide bonds. The molecule has 0 fully saturated rings. The monoisotopic (exact) mass is 472 g/mol. The lowest BCUT2D eigenvalue weighted by atomic mass is 9.93. The van der Waals surface area contributed by atoms with E-state index in [1.54, 1.807) is 37.7 Å². The highest BCUT2D eigenvalue weighted by Crippen LogP contribution is 2.40. The van der Waals surface area contributed by atoms with Gasteiger partial charge in [-0.15, -0.1) is 0 Å². The molecular weight excluding hydrogens is 444 g/mol. The highest BCUT2D eigenvalue weighted by atomic mass is 16.2. The number of aliphatic imine (C=N–C) groups is 2.